The zero-order valence-electron chi connectivity index (χ0n) is 14.9. The molecule has 0 aromatic rings. The van der Waals surface area contributed by atoms with E-state index < -0.39 is 0 Å². The van der Waals surface area contributed by atoms with Gasteiger partial charge in [-0.25, -0.2) is 0 Å². The van der Waals surface area contributed by atoms with Crippen LogP contribution in [0.4, 0.5) is 0 Å². The Morgan fingerprint density at radius 2 is 1.95 bits per heavy atom. The summed E-state index contributed by atoms with van der Waals surface area (Å²) >= 11 is 0. The maximum atomic E-state index is 5.83. The Labute approximate surface area is 137 Å². The van der Waals surface area contributed by atoms with Crippen molar-refractivity contribution >= 4 is 0 Å². The number of hydrogen-bond donors (Lipinski definition) is 1. The zero-order valence-corrected chi connectivity index (χ0v) is 14.9. The summed E-state index contributed by atoms with van der Waals surface area (Å²) in [6, 6.07) is 0. The second-order valence-corrected chi connectivity index (χ2v) is 6.48. The lowest BCUT2D eigenvalue weighted by molar-refractivity contribution is 0.0676. The number of rotatable bonds is 12. The minimum Gasteiger partial charge on any atom is -0.363 e. The minimum absolute atomic E-state index is 0.0700. The summed E-state index contributed by atoms with van der Waals surface area (Å²) in [5.74, 6) is 0. The fourth-order valence-corrected chi connectivity index (χ4v) is 2.54. The van der Waals surface area contributed by atoms with E-state index in [9.17, 15) is 0 Å². The maximum Gasteiger partial charge on any atom is 0.146 e. The Balaban J connectivity index is 2.03. The molecule has 1 heterocycles. The van der Waals surface area contributed by atoms with Gasteiger partial charge in [0.15, 0.2) is 0 Å². The van der Waals surface area contributed by atoms with Crippen LogP contribution in [0.2, 0.25) is 0 Å². The van der Waals surface area contributed by atoms with Gasteiger partial charge in [-0.3, -0.25) is 0 Å². The van der Waals surface area contributed by atoms with E-state index in [0.29, 0.717) is 0 Å². The Bertz CT molecular complexity index is 364. The quantitative estimate of drug-likeness (QED) is 0.359. The predicted octanol–water partition coefficient (Wildman–Crippen LogP) is 5.87. The molecule has 0 spiro atoms. The van der Waals surface area contributed by atoms with Crippen LogP contribution in [0.1, 0.15) is 78.6 Å². The summed E-state index contributed by atoms with van der Waals surface area (Å²) in [7, 11) is 0. The van der Waals surface area contributed by atoms with E-state index in [1.165, 1.54) is 62.5 Å². The molecule has 1 rings (SSSR count). The van der Waals surface area contributed by atoms with Crippen molar-refractivity contribution in [3.05, 3.63) is 35.6 Å². The third-order valence-electron chi connectivity index (χ3n) is 3.94. The number of hydrogen-bond acceptors (Lipinski definition) is 2. The highest BCUT2D eigenvalue weighted by molar-refractivity contribution is 5.22. The summed E-state index contributed by atoms with van der Waals surface area (Å²) in [6.07, 6.45) is 20.2. The Morgan fingerprint density at radius 3 is 2.64 bits per heavy atom. The molecule has 1 unspecified atom stereocenters. The van der Waals surface area contributed by atoms with Gasteiger partial charge < -0.3 is 10.1 Å². The van der Waals surface area contributed by atoms with Crippen LogP contribution in [-0.2, 0) is 4.74 Å². The Morgan fingerprint density at radius 1 is 1.14 bits per heavy atom. The molecule has 1 aliphatic heterocycles. The van der Waals surface area contributed by atoms with Crippen molar-refractivity contribution in [3.63, 3.8) is 0 Å². The second kappa shape index (κ2) is 12.5. The lowest BCUT2D eigenvalue weighted by Crippen LogP contribution is -2.28. The standard InChI is InChI=1S/C20H35NO/c1-4-5-6-7-11-16-22-20-15-14-19(17-21-20)13-10-8-9-12-18(2)3/h12,14-15,17,20-21H,4-11,13,16H2,1-3H3. The molecule has 1 N–H and O–H groups in total. The second-order valence-electron chi connectivity index (χ2n) is 6.48. The van der Waals surface area contributed by atoms with Crippen LogP contribution >= 0.6 is 0 Å². The lowest BCUT2D eigenvalue weighted by atomic mass is 10.1. The molecular weight excluding hydrogens is 270 g/mol. The highest BCUT2D eigenvalue weighted by Crippen LogP contribution is 2.14. The molecule has 0 aromatic carbocycles. The molecule has 1 atom stereocenters. The molecule has 0 saturated carbocycles. The van der Waals surface area contributed by atoms with Crippen LogP contribution < -0.4 is 5.32 Å². The summed E-state index contributed by atoms with van der Waals surface area (Å²) in [6.45, 7) is 7.44. The van der Waals surface area contributed by atoms with E-state index in [0.717, 1.165) is 13.0 Å². The van der Waals surface area contributed by atoms with Crippen molar-refractivity contribution in [2.75, 3.05) is 6.61 Å². The normalized spacial score (nSPS) is 17.0. The molecule has 0 aliphatic carbocycles. The van der Waals surface area contributed by atoms with Crippen LogP contribution in [0.25, 0.3) is 0 Å². The third-order valence-corrected chi connectivity index (χ3v) is 3.94. The van der Waals surface area contributed by atoms with Crippen LogP contribution in [0.3, 0.4) is 0 Å². The fourth-order valence-electron chi connectivity index (χ4n) is 2.54. The van der Waals surface area contributed by atoms with E-state index in [1.807, 2.05) is 0 Å². The van der Waals surface area contributed by atoms with E-state index in [2.05, 4.69) is 50.5 Å². The van der Waals surface area contributed by atoms with Gasteiger partial charge in [0, 0.05) is 12.8 Å². The van der Waals surface area contributed by atoms with E-state index in [1.54, 1.807) is 0 Å². The fraction of sp³-hybridized carbons (Fsp3) is 0.700. The highest BCUT2D eigenvalue weighted by atomic mass is 16.5. The Hall–Kier alpha value is -1.02. The number of dihydropyridines is 1. The van der Waals surface area contributed by atoms with Gasteiger partial charge in [0.25, 0.3) is 0 Å². The van der Waals surface area contributed by atoms with Crippen LogP contribution in [0.5, 0.6) is 0 Å². The van der Waals surface area contributed by atoms with E-state index in [4.69, 9.17) is 4.74 Å². The molecular formula is C20H35NO. The average molecular weight is 306 g/mol. The minimum atomic E-state index is 0.0700. The van der Waals surface area contributed by atoms with Crippen molar-refractivity contribution in [2.45, 2.75) is 84.8 Å². The van der Waals surface area contributed by atoms with Gasteiger partial charge in [-0.15, -0.1) is 0 Å². The molecule has 0 amide bonds. The Kier molecular flexibility index (Phi) is 10.8. The first kappa shape index (κ1) is 19.0. The molecule has 22 heavy (non-hydrogen) atoms. The molecule has 0 bridgehead atoms. The molecule has 2 nitrogen and oxygen atoms in total. The van der Waals surface area contributed by atoms with Crippen molar-refractivity contribution < 1.29 is 4.74 Å². The highest BCUT2D eigenvalue weighted by Gasteiger charge is 2.07. The van der Waals surface area contributed by atoms with Gasteiger partial charge in [0.2, 0.25) is 0 Å². The molecule has 126 valence electrons. The molecule has 0 fully saturated rings. The van der Waals surface area contributed by atoms with Gasteiger partial charge in [0.1, 0.15) is 6.23 Å². The molecule has 0 saturated heterocycles. The molecule has 1 aliphatic rings. The van der Waals surface area contributed by atoms with Crippen molar-refractivity contribution in [1.82, 2.24) is 5.32 Å². The zero-order chi connectivity index (χ0) is 16.0. The van der Waals surface area contributed by atoms with Gasteiger partial charge in [-0.05, 0) is 57.6 Å². The van der Waals surface area contributed by atoms with Gasteiger partial charge in [-0.1, -0.05) is 50.3 Å². The molecule has 0 radical (unpaired) electrons. The summed E-state index contributed by atoms with van der Waals surface area (Å²) < 4.78 is 5.83. The molecule has 0 aromatic heterocycles. The van der Waals surface area contributed by atoms with E-state index >= 15 is 0 Å². The van der Waals surface area contributed by atoms with Crippen LogP contribution in [-0.4, -0.2) is 12.8 Å². The molecule has 2 heteroatoms. The predicted molar refractivity (Wildman–Crippen MR) is 96.8 cm³/mol. The monoisotopic (exact) mass is 305 g/mol. The van der Waals surface area contributed by atoms with Gasteiger partial charge in [-0.2, -0.15) is 0 Å². The van der Waals surface area contributed by atoms with Gasteiger partial charge >= 0.3 is 0 Å². The smallest absolute Gasteiger partial charge is 0.146 e. The average Bonchev–Trinajstić information content (AvgIpc) is 2.51. The van der Waals surface area contributed by atoms with E-state index in [-0.39, 0.29) is 6.23 Å². The first-order chi connectivity index (χ1) is 10.7. The first-order valence-electron chi connectivity index (χ1n) is 9.10. The first-order valence-corrected chi connectivity index (χ1v) is 9.10. The van der Waals surface area contributed by atoms with Crippen LogP contribution in [0.15, 0.2) is 35.6 Å². The topological polar surface area (TPSA) is 21.3 Å². The number of allylic oxidation sites excluding steroid dienone is 4. The maximum absolute atomic E-state index is 5.83. The third kappa shape index (κ3) is 9.83. The van der Waals surface area contributed by atoms with Crippen LogP contribution in [0, 0.1) is 0 Å². The van der Waals surface area contributed by atoms with Crippen molar-refractivity contribution in [2.24, 2.45) is 0 Å². The van der Waals surface area contributed by atoms with Crippen molar-refractivity contribution in [3.8, 4) is 0 Å². The van der Waals surface area contributed by atoms with Gasteiger partial charge in [0.05, 0.1) is 0 Å². The lowest BCUT2D eigenvalue weighted by Gasteiger charge is -2.19. The summed E-state index contributed by atoms with van der Waals surface area (Å²) in [4.78, 5) is 0. The number of ether oxygens (including phenoxy) is 1. The SMILES string of the molecule is CCCCCCCOC1C=CC(CCCCC=C(C)C)=CN1. The largest absolute Gasteiger partial charge is 0.363 e. The summed E-state index contributed by atoms with van der Waals surface area (Å²) in [5, 5.41) is 3.35. The summed E-state index contributed by atoms with van der Waals surface area (Å²) in [5.41, 5.74) is 2.81. The number of nitrogens with one attached hydrogen (secondary N) is 1. The number of unbranched alkanes of at least 4 members (excludes halogenated alkanes) is 6. The van der Waals surface area contributed by atoms with Crippen molar-refractivity contribution in [1.29, 1.82) is 0 Å².